The largest absolute Gasteiger partial charge is 0.506 e. The maximum atomic E-state index is 13.4. The molecule has 4 rings (SSSR count). The number of ether oxygens (including phenoxy) is 1. The second-order valence-corrected chi connectivity index (χ2v) is 9.92. The lowest BCUT2D eigenvalue weighted by Gasteiger charge is -2.26. The topological polar surface area (TPSA) is 112 Å². The van der Waals surface area contributed by atoms with Gasteiger partial charge in [0.05, 0.1) is 39.5 Å². The second kappa shape index (κ2) is 9.21. The number of phenols is 1. The van der Waals surface area contributed by atoms with Crippen LogP contribution in [0.15, 0.2) is 50.4 Å². The Labute approximate surface area is 197 Å². The van der Waals surface area contributed by atoms with E-state index in [1.807, 2.05) is 18.2 Å². The van der Waals surface area contributed by atoms with Gasteiger partial charge in [0, 0.05) is 29.1 Å². The maximum absolute atomic E-state index is 13.4. The number of carbonyl (C=O) groups is 1. The molecule has 1 saturated heterocycles. The number of carboxylic acid groups (broad SMARTS) is 1. The summed E-state index contributed by atoms with van der Waals surface area (Å²) in [6.45, 7) is 1.96. The SMILES string of the molecule is O=C(O)c1c(Nc2c(S(=O)N3CCOCC3)cnc3ccc(Br)cc23)ccc(Br)c1O. The second-order valence-electron chi connectivity index (χ2n) is 6.70. The minimum atomic E-state index is -1.55. The van der Waals surface area contributed by atoms with Gasteiger partial charge in [-0.1, -0.05) is 15.9 Å². The Bertz CT molecular complexity index is 1200. The number of aromatic nitrogens is 1. The third kappa shape index (κ3) is 4.46. The highest BCUT2D eigenvalue weighted by Crippen LogP contribution is 2.38. The Balaban J connectivity index is 1.89. The van der Waals surface area contributed by atoms with Gasteiger partial charge >= 0.3 is 5.97 Å². The first-order valence-corrected chi connectivity index (χ1v) is 11.9. The first-order valence-electron chi connectivity index (χ1n) is 9.21. The number of halogens is 2. The summed E-state index contributed by atoms with van der Waals surface area (Å²) < 4.78 is 21.6. The third-order valence-corrected chi connectivity index (χ3v) is 7.44. The highest BCUT2D eigenvalue weighted by Gasteiger charge is 2.25. The molecule has 1 unspecified atom stereocenters. The number of fused-ring (bicyclic) bond motifs is 1. The van der Waals surface area contributed by atoms with Gasteiger partial charge in [-0.2, -0.15) is 0 Å². The van der Waals surface area contributed by atoms with Crippen molar-refractivity contribution in [1.82, 2.24) is 9.29 Å². The Kier molecular flexibility index (Phi) is 6.58. The van der Waals surface area contributed by atoms with E-state index in [2.05, 4.69) is 42.2 Å². The van der Waals surface area contributed by atoms with Crippen molar-refractivity contribution in [2.45, 2.75) is 4.90 Å². The standard InChI is InChI=1S/C20H17Br2N3O5S/c21-11-1-3-14-12(9-11)18(16(10-23-14)31(29)25-5-7-30-8-6-25)24-15-4-2-13(22)19(26)17(15)20(27)28/h1-4,9-10,26H,5-8H2,(H,23,24)(H,27,28). The molecule has 1 aliphatic heterocycles. The molecule has 31 heavy (non-hydrogen) atoms. The lowest BCUT2D eigenvalue weighted by atomic mass is 10.1. The predicted octanol–water partition coefficient (Wildman–Crippen LogP) is 4.26. The van der Waals surface area contributed by atoms with Gasteiger partial charge in [0.2, 0.25) is 0 Å². The van der Waals surface area contributed by atoms with Gasteiger partial charge in [0.25, 0.3) is 0 Å². The molecule has 2 aromatic carbocycles. The summed E-state index contributed by atoms with van der Waals surface area (Å²) in [5.74, 6) is -1.69. The molecule has 3 N–H and O–H groups in total. The van der Waals surface area contributed by atoms with E-state index in [1.165, 1.54) is 6.20 Å². The number of anilines is 2. The zero-order valence-electron chi connectivity index (χ0n) is 16.0. The van der Waals surface area contributed by atoms with Crippen molar-refractivity contribution in [1.29, 1.82) is 0 Å². The van der Waals surface area contributed by atoms with E-state index in [9.17, 15) is 19.2 Å². The molecule has 0 aliphatic carbocycles. The van der Waals surface area contributed by atoms with E-state index in [1.54, 1.807) is 16.4 Å². The molecule has 3 aromatic rings. The van der Waals surface area contributed by atoms with Gasteiger partial charge in [0.15, 0.2) is 0 Å². The van der Waals surface area contributed by atoms with Crippen LogP contribution in [-0.2, 0) is 15.7 Å². The van der Waals surface area contributed by atoms with Gasteiger partial charge in [-0.3, -0.25) is 4.98 Å². The number of hydrogen-bond donors (Lipinski definition) is 3. The molecule has 0 amide bonds. The zero-order chi connectivity index (χ0) is 22.1. The molecule has 0 spiro atoms. The molecule has 1 atom stereocenters. The van der Waals surface area contributed by atoms with Gasteiger partial charge in [-0.05, 0) is 46.3 Å². The highest BCUT2D eigenvalue weighted by molar-refractivity contribution is 9.10. The van der Waals surface area contributed by atoms with Crippen LogP contribution < -0.4 is 5.32 Å². The van der Waals surface area contributed by atoms with Gasteiger partial charge in [0.1, 0.15) is 22.3 Å². The van der Waals surface area contributed by atoms with E-state index >= 15 is 0 Å². The number of rotatable bonds is 5. The van der Waals surface area contributed by atoms with Gasteiger partial charge in [-0.15, -0.1) is 0 Å². The van der Waals surface area contributed by atoms with Crippen LogP contribution >= 0.6 is 31.9 Å². The summed E-state index contributed by atoms with van der Waals surface area (Å²) in [5.41, 5.74) is 0.977. The Hall–Kier alpha value is -2.05. The number of pyridine rings is 1. The summed E-state index contributed by atoms with van der Waals surface area (Å²) in [5, 5.41) is 23.7. The minimum Gasteiger partial charge on any atom is -0.506 e. The van der Waals surface area contributed by atoms with Crippen LogP contribution in [0.1, 0.15) is 10.4 Å². The molecule has 1 aromatic heterocycles. The summed E-state index contributed by atoms with van der Waals surface area (Å²) >= 11 is 6.60. The molecule has 11 heteroatoms. The van der Waals surface area contributed by atoms with E-state index in [0.29, 0.717) is 47.8 Å². The number of carboxylic acids is 1. The minimum absolute atomic E-state index is 0.168. The van der Waals surface area contributed by atoms with Crippen LogP contribution in [0.25, 0.3) is 10.9 Å². The number of nitrogens with zero attached hydrogens (tertiary/aromatic N) is 2. The van der Waals surface area contributed by atoms with Crippen LogP contribution in [0.2, 0.25) is 0 Å². The molecule has 0 bridgehead atoms. The Morgan fingerprint density at radius 2 is 1.94 bits per heavy atom. The predicted molar refractivity (Wildman–Crippen MR) is 124 cm³/mol. The zero-order valence-corrected chi connectivity index (χ0v) is 20.0. The molecule has 2 heterocycles. The monoisotopic (exact) mass is 569 g/mol. The molecule has 0 radical (unpaired) electrons. The Morgan fingerprint density at radius 3 is 2.65 bits per heavy atom. The number of benzene rings is 2. The third-order valence-electron chi connectivity index (χ3n) is 4.79. The molecular weight excluding hydrogens is 554 g/mol. The number of morpholine rings is 1. The van der Waals surface area contributed by atoms with Gasteiger partial charge in [-0.25, -0.2) is 13.3 Å². The summed E-state index contributed by atoms with van der Waals surface area (Å²) in [6.07, 6.45) is 1.53. The summed E-state index contributed by atoms with van der Waals surface area (Å²) in [7, 11) is -1.55. The van der Waals surface area contributed by atoms with Crippen LogP contribution in [0.5, 0.6) is 5.75 Å². The van der Waals surface area contributed by atoms with Crippen molar-refractivity contribution in [2.24, 2.45) is 0 Å². The quantitative estimate of drug-likeness (QED) is 0.420. The summed E-state index contributed by atoms with van der Waals surface area (Å²) in [4.78, 5) is 16.7. The average molecular weight is 571 g/mol. The highest BCUT2D eigenvalue weighted by atomic mass is 79.9. The average Bonchev–Trinajstić information content (AvgIpc) is 2.76. The lowest BCUT2D eigenvalue weighted by molar-refractivity contribution is 0.0694. The van der Waals surface area contributed by atoms with Crippen LogP contribution in [0.4, 0.5) is 11.4 Å². The van der Waals surface area contributed by atoms with E-state index < -0.39 is 22.7 Å². The van der Waals surface area contributed by atoms with E-state index in [-0.39, 0.29) is 15.7 Å². The first-order chi connectivity index (χ1) is 14.9. The molecule has 162 valence electrons. The van der Waals surface area contributed by atoms with Crippen molar-refractivity contribution in [3.05, 3.63) is 51.0 Å². The smallest absolute Gasteiger partial charge is 0.341 e. The van der Waals surface area contributed by atoms with Gasteiger partial charge < -0.3 is 20.3 Å². The molecule has 1 fully saturated rings. The normalized spacial score (nSPS) is 15.7. The number of aromatic hydroxyl groups is 1. The Morgan fingerprint density at radius 1 is 1.19 bits per heavy atom. The maximum Gasteiger partial charge on any atom is 0.341 e. The molecular formula is C20H17Br2N3O5S. The fourth-order valence-corrected chi connectivity index (χ4v) is 5.21. The van der Waals surface area contributed by atoms with Crippen LogP contribution in [0, 0.1) is 0 Å². The molecule has 1 aliphatic rings. The van der Waals surface area contributed by atoms with Crippen LogP contribution in [-0.4, -0.2) is 56.0 Å². The van der Waals surface area contributed by atoms with E-state index in [4.69, 9.17) is 4.74 Å². The molecule has 0 saturated carbocycles. The van der Waals surface area contributed by atoms with Crippen molar-refractivity contribution in [3.63, 3.8) is 0 Å². The van der Waals surface area contributed by atoms with Crippen molar-refractivity contribution < 1.29 is 24.0 Å². The van der Waals surface area contributed by atoms with Crippen LogP contribution in [0.3, 0.4) is 0 Å². The summed E-state index contributed by atoms with van der Waals surface area (Å²) in [6, 6.07) is 8.56. The first kappa shape index (κ1) is 22.2. The lowest BCUT2D eigenvalue weighted by Crippen LogP contribution is -2.37. The fourth-order valence-electron chi connectivity index (χ4n) is 3.28. The van der Waals surface area contributed by atoms with Crippen molar-refractivity contribution >= 4 is 71.1 Å². The molecule has 8 nitrogen and oxygen atoms in total. The van der Waals surface area contributed by atoms with Crippen molar-refractivity contribution in [2.75, 3.05) is 31.6 Å². The van der Waals surface area contributed by atoms with E-state index in [0.717, 1.165) is 4.47 Å². The fraction of sp³-hybridized carbons (Fsp3) is 0.200. The number of nitrogens with one attached hydrogen (secondary N) is 1. The number of aromatic carboxylic acids is 1. The van der Waals surface area contributed by atoms with Crippen molar-refractivity contribution in [3.8, 4) is 5.75 Å². The number of hydrogen-bond acceptors (Lipinski definition) is 6.